The number of halogens is 2. The molecule has 0 radical (unpaired) electrons. The van der Waals surface area contributed by atoms with Gasteiger partial charge >= 0.3 is 0 Å². The van der Waals surface area contributed by atoms with Crippen LogP contribution in [0.15, 0.2) is 30.7 Å². The van der Waals surface area contributed by atoms with E-state index in [9.17, 15) is 8.78 Å². The molecule has 10 heteroatoms. The second-order valence-electron chi connectivity index (χ2n) is 8.36. The van der Waals surface area contributed by atoms with Gasteiger partial charge in [-0.05, 0) is 45.4 Å². The van der Waals surface area contributed by atoms with Gasteiger partial charge in [0.25, 0.3) is 5.92 Å². The minimum atomic E-state index is -3.09. The largest absolute Gasteiger partial charge is 0.478 e. The maximum absolute atomic E-state index is 14.0. The molecule has 1 aliphatic rings. The molecule has 2 aromatic heterocycles. The highest BCUT2D eigenvalue weighted by atomic mass is 19.3. The van der Waals surface area contributed by atoms with Gasteiger partial charge in [0.2, 0.25) is 5.88 Å². The van der Waals surface area contributed by atoms with Gasteiger partial charge in [0, 0.05) is 20.0 Å². The number of nitrogens with zero attached hydrogens (tertiary/aromatic N) is 4. The summed E-state index contributed by atoms with van der Waals surface area (Å²) in [5, 5.41) is 14.8. The number of aryl methyl sites for hydroxylation is 1. The average molecular weight is 463 g/mol. The predicted octanol–water partition coefficient (Wildman–Crippen LogP) is 3.98. The Morgan fingerprint density at radius 1 is 1.27 bits per heavy atom. The van der Waals surface area contributed by atoms with Gasteiger partial charge < -0.3 is 25.0 Å². The number of aromatic nitrogens is 3. The highest BCUT2D eigenvalue weighted by Crippen LogP contribution is 2.35. The van der Waals surface area contributed by atoms with E-state index >= 15 is 0 Å². The van der Waals surface area contributed by atoms with Crippen molar-refractivity contribution >= 4 is 11.5 Å². The molecule has 8 nitrogen and oxygen atoms in total. The number of nitrogens with one attached hydrogen (secondary N) is 2. The first-order valence-electron chi connectivity index (χ1n) is 11.0. The van der Waals surface area contributed by atoms with E-state index in [1.165, 1.54) is 12.3 Å². The molecule has 1 saturated heterocycles. The van der Waals surface area contributed by atoms with Gasteiger partial charge in [-0.15, -0.1) is 5.10 Å². The molecule has 0 aromatic carbocycles. The summed E-state index contributed by atoms with van der Waals surface area (Å²) in [4.78, 5) is 6.21. The van der Waals surface area contributed by atoms with Crippen molar-refractivity contribution in [3.05, 3.63) is 47.6 Å². The quantitative estimate of drug-likeness (QED) is 0.579. The summed E-state index contributed by atoms with van der Waals surface area (Å²) in [5.41, 5.74) is 1.85. The van der Waals surface area contributed by atoms with E-state index in [1.807, 2.05) is 26.8 Å². The normalized spacial score (nSPS) is 18.7. The van der Waals surface area contributed by atoms with Gasteiger partial charge in [-0.1, -0.05) is 6.58 Å². The van der Waals surface area contributed by atoms with Gasteiger partial charge in [-0.3, -0.25) is 0 Å². The zero-order chi connectivity index (χ0) is 24.2. The third kappa shape index (κ3) is 6.50. The van der Waals surface area contributed by atoms with Crippen LogP contribution in [0.5, 0.6) is 5.88 Å². The summed E-state index contributed by atoms with van der Waals surface area (Å²) >= 11 is 0. The fourth-order valence-electron chi connectivity index (χ4n) is 3.79. The lowest BCUT2D eigenvalue weighted by Crippen LogP contribution is -2.46. The highest BCUT2D eigenvalue weighted by molar-refractivity contribution is 5.51. The number of alkyl halides is 2. The smallest absolute Gasteiger partial charge is 0.275 e. The van der Waals surface area contributed by atoms with Crippen molar-refractivity contribution in [1.82, 2.24) is 20.5 Å². The Labute approximate surface area is 193 Å². The maximum Gasteiger partial charge on any atom is 0.275 e. The number of rotatable bonds is 9. The Kier molecular flexibility index (Phi) is 7.68. The first-order chi connectivity index (χ1) is 15.6. The van der Waals surface area contributed by atoms with Crippen molar-refractivity contribution in [2.45, 2.75) is 59.3 Å². The second kappa shape index (κ2) is 10.3. The topological polar surface area (TPSA) is 84.4 Å². The minimum Gasteiger partial charge on any atom is -0.478 e. The van der Waals surface area contributed by atoms with Crippen molar-refractivity contribution < 1.29 is 18.3 Å². The molecule has 3 rings (SSSR count). The van der Waals surface area contributed by atoms with Crippen LogP contribution in [0.25, 0.3) is 0 Å². The van der Waals surface area contributed by atoms with Crippen molar-refractivity contribution in [2.24, 2.45) is 0 Å². The van der Waals surface area contributed by atoms with Crippen LogP contribution in [0.1, 0.15) is 44.5 Å². The van der Waals surface area contributed by atoms with E-state index in [1.54, 1.807) is 6.92 Å². The Bertz CT molecular complexity index is 972. The summed E-state index contributed by atoms with van der Waals surface area (Å²) in [6.45, 7) is 14.7. The molecule has 180 valence electrons. The Hall–Kier alpha value is -3.01. The second-order valence-corrected chi connectivity index (χ2v) is 8.36. The molecule has 0 amide bonds. The molecule has 2 atom stereocenters. The minimum absolute atomic E-state index is 0.0796. The molecule has 2 N–H and O–H groups in total. The van der Waals surface area contributed by atoms with Gasteiger partial charge in [0.05, 0.1) is 54.3 Å². The third-order valence-electron chi connectivity index (χ3n) is 5.11. The zero-order valence-corrected chi connectivity index (χ0v) is 19.8. The van der Waals surface area contributed by atoms with Crippen LogP contribution >= 0.6 is 0 Å². The van der Waals surface area contributed by atoms with Crippen LogP contribution in [0.4, 0.5) is 20.3 Å². The average Bonchev–Trinajstić information content (AvgIpc) is 2.72. The Morgan fingerprint density at radius 2 is 1.97 bits per heavy atom. The third-order valence-corrected chi connectivity index (χ3v) is 5.11. The Morgan fingerprint density at radius 3 is 2.58 bits per heavy atom. The monoisotopic (exact) mass is 462 g/mol. The molecule has 0 aliphatic carbocycles. The van der Waals surface area contributed by atoms with Crippen molar-refractivity contribution in [3.8, 4) is 5.88 Å². The van der Waals surface area contributed by atoms with Gasteiger partial charge in [-0.25, -0.2) is 13.8 Å². The molecular formula is C23H32F2N6O2. The SMILES string of the molecule is C=C(NCc1cc(C)c(N2CC(C)OC(C)C2)nn1)Nc1cnc(OCC)c(C(C)(F)F)c1. The van der Waals surface area contributed by atoms with Gasteiger partial charge in [0.1, 0.15) is 0 Å². The fourth-order valence-corrected chi connectivity index (χ4v) is 3.79. The molecule has 0 saturated carbocycles. The maximum atomic E-state index is 14.0. The molecular weight excluding hydrogens is 430 g/mol. The lowest BCUT2D eigenvalue weighted by Gasteiger charge is -2.36. The fraction of sp³-hybridized carbons (Fsp3) is 0.522. The zero-order valence-electron chi connectivity index (χ0n) is 19.8. The van der Waals surface area contributed by atoms with E-state index in [-0.39, 0.29) is 30.3 Å². The summed E-state index contributed by atoms with van der Waals surface area (Å²) in [7, 11) is 0. The van der Waals surface area contributed by atoms with Crippen LogP contribution in [0.3, 0.4) is 0 Å². The van der Waals surface area contributed by atoms with Gasteiger partial charge in [0.15, 0.2) is 5.82 Å². The van der Waals surface area contributed by atoms with E-state index in [0.29, 0.717) is 18.1 Å². The van der Waals surface area contributed by atoms with Crippen LogP contribution in [0.2, 0.25) is 0 Å². The molecule has 0 spiro atoms. The first-order valence-corrected chi connectivity index (χ1v) is 11.0. The number of anilines is 2. The van der Waals surface area contributed by atoms with Crippen LogP contribution in [-0.2, 0) is 17.2 Å². The predicted molar refractivity (Wildman–Crippen MR) is 124 cm³/mol. The van der Waals surface area contributed by atoms with Crippen LogP contribution < -0.4 is 20.3 Å². The summed E-state index contributed by atoms with van der Waals surface area (Å²) in [5.74, 6) is -1.89. The molecule has 1 aliphatic heterocycles. The van der Waals surface area contributed by atoms with Crippen LogP contribution in [0, 0.1) is 6.92 Å². The lowest BCUT2D eigenvalue weighted by molar-refractivity contribution is -0.00555. The van der Waals surface area contributed by atoms with E-state index in [2.05, 4.69) is 37.3 Å². The standard InChI is InChI=1S/C23H32F2N6O2/c1-7-32-22-20(23(6,24)25)9-18(10-27-22)28-17(5)26-11-19-8-14(2)21(30-29-19)31-12-15(3)33-16(4)13-31/h8-10,15-16,26,28H,5,7,11-13H2,1-4,6H3. The molecule has 1 fully saturated rings. The number of hydrogen-bond acceptors (Lipinski definition) is 8. The Balaban J connectivity index is 1.61. The molecule has 3 heterocycles. The van der Waals surface area contributed by atoms with Crippen LogP contribution in [-0.4, -0.2) is 47.1 Å². The number of morpholine rings is 1. The van der Waals surface area contributed by atoms with E-state index < -0.39 is 5.92 Å². The highest BCUT2D eigenvalue weighted by Gasteiger charge is 2.30. The van der Waals surface area contributed by atoms with Crippen molar-refractivity contribution in [3.63, 3.8) is 0 Å². The van der Waals surface area contributed by atoms with E-state index in [0.717, 1.165) is 37.1 Å². The molecule has 0 bridgehead atoms. The molecule has 2 unspecified atom stereocenters. The number of hydrogen-bond donors (Lipinski definition) is 2. The van der Waals surface area contributed by atoms with E-state index in [4.69, 9.17) is 9.47 Å². The van der Waals surface area contributed by atoms with Gasteiger partial charge in [-0.2, -0.15) is 5.10 Å². The lowest BCUT2D eigenvalue weighted by atomic mass is 10.1. The summed E-state index contributed by atoms with van der Waals surface area (Å²) in [6.07, 6.45) is 1.70. The molecule has 2 aromatic rings. The summed E-state index contributed by atoms with van der Waals surface area (Å²) in [6, 6.07) is 3.29. The first kappa shape index (κ1) is 24.6. The number of pyridine rings is 1. The van der Waals surface area contributed by atoms with Crippen molar-refractivity contribution in [1.29, 1.82) is 0 Å². The molecule has 33 heavy (non-hydrogen) atoms. The summed E-state index contributed by atoms with van der Waals surface area (Å²) < 4.78 is 38.9. The van der Waals surface area contributed by atoms with Crippen molar-refractivity contribution in [2.75, 3.05) is 29.9 Å². The number of ether oxygens (including phenoxy) is 2.